The van der Waals surface area contributed by atoms with Crippen LogP contribution < -0.4 is 0 Å². The second-order valence-corrected chi connectivity index (χ2v) is 9.14. The van der Waals surface area contributed by atoms with E-state index in [-0.39, 0.29) is 17.8 Å². The average molecular weight is 426 g/mol. The molecule has 1 N–H and O–H groups in total. The van der Waals surface area contributed by atoms with Gasteiger partial charge in [0, 0.05) is 24.3 Å². The van der Waals surface area contributed by atoms with E-state index in [4.69, 9.17) is 4.74 Å². The van der Waals surface area contributed by atoms with Gasteiger partial charge in [-0.2, -0.15) is 0 Å². The Labute approximate surface area is 183 Å². The molecule has 2 atom stereocenters. The number of ether oxygens (including phenoxy) is 1. The van der Waals surface area contributed by atoms with E-state index in [1.165, 1.54) is 5.56 Å². The maximum atomic E-state index is 13.0. The average Bonchev–Trinajstić information content (AvgIpc) is 2.72. The lowest BCUT2D eigenvalue weighted by molar-refractivity contribution is -0.145. The zero-order chi connectivity index (χ0) is 21.8. The van der Waals surface area contributed by atoms with Crippen LogP contribution in [0.15, 0.2) is 41.2 Å². The zero-order valence-corrected chi connectivity index (χ0v) is 19.3. The van der Waals surface area contributed by atoms with Gasteiger partial charge in [0.2, 0.25) is 0 Å². The molecule has 0 bridgehead atoms. The number of cyclic esters (lactones) is 1. The molecule has 0 saturated heterocycles. The number of rotatable bonds is 7. The molecule has 1 aromatic heterocycles. The minimum atomic E-state index is -0.415. The van der Waals surface area contributed by atoms with Crippen molar-refractivity contribution in [1.82, 2.24) is 4.98 Å². The predicted molar refractivity (Wildman–Crippen MR) is 123 cm³/mol. The molecule has 2 aromatic rings. The fraction of sp³-hybridized carbons (Fsp3) is 0.440. The van der Waals surface area contributed by atoms with Crippen LogP contribution in [0.1, 0.15) is 55.0 Å². The fourth-order valence-electron chi connectivity index (χ4n) is 3.90. The molecule has 0 spiro atoms. The Kier molecular flexibility index (Phi) is 7.24. The first-order valence-corrected chi connectivity index (χ1v) is 11.6. The number of carbonyl (C=O) groups is 1. The van der Waals surface area contributed by atoms with Crippen molar-refractivity contribution in [2.45, 2.75) is 65.0 Å². The number of benzene rings is 1. The van der Waals surface area contributed by atoms with Crippen molar-refractivity contribution in [3.8, 4) is 0 Å². The highest BCUT2D eigenvalue weighted by atomic mass is 32.2. The summed E-state index contributed by atoms with van der Waals surface area (Å²) in [6.45, 7) is 10.3. The molecule has 2 unspecified atom stereocenters. The molecule has 30 heavy (non-hydrogen) atoms. The van der Waals surface area contributed by atoms with Gasteiger partial charge in [-0.15, -0.1) is 11.8 Å². The van der Waals surface area contributed by atoms with E-state index in [1.807, 2.05) is 25.3 Å². The first-order chi connectivity index (χ1) is 14.3. The predicted octanol–water partition coefficient (Wildman–Crippen LogP) is 5.84. The maximum absolute atomic E-state index is 13.0. The second kappa shape index (κ2) is 9.69. The molecule has 1 aromatic carbocycles. The molecule has 1 aliphatic rings. The van der Waals surface area contributed by atoms with E-state index >= 15 is 0 Å². The monoisotopic (exact) mass is 425 g/mol. The molecule has 0 fully saturated rings. The number of thioether (sulfide) groups is 1. The maximum Gasteiger partial charge on any atom is 0.342 e. The summed E-state index contributed by atoms with van der Waals surface area (Å²) in [5.41, 5.74) is 5.67. The highest BCUT2D eigenvalue weighted by Gasteiger charge is 2.34. The smallest absolute Gasteiger partial charge is 0.342 e. The normalized spacial score (nSPS) is 17.8. The third kappa shape index (κ3) is 4.89. The Balaban J connectivity index is 1.80. The van der Waals surface area contributed by atoms with Gasteiger partial charge < -0.3 is 9.84 Å². The van der Waals surface area contributed by atoms with Crippen LogP contribution in [-0.2, 0) is 22.4 Å². The molecule has 5 heteroatoms. The van der Waals surface area contributed by atoms with E-state index < -0.39 is 5.97 Å². The number of hydrogen-bond donors (Lipinski definition) is 1. The van der Waals surface area contributed by atoms with E-state index in [1.54, 1.807) is 11.8 Å². The minimum Gasteiger partial charge on any atom is -0.511 e. The molecule has 3 rings (SSSR count). The Morgan fingerprint density at radius 3 is 2.37 bits per heavy atom. The Morgan fingerprint density at radius 2 is 1.83 bits per heavy atom. The van der Waals surface area contributed by atoms with E-state index in [9.17, 15) is 9.90 Å². The number of carbonyl (C=O) groups excluding carboxylic acids is 1. The van der Waals surface area contributed by atoms with Crippen molar-refractivity contribution in [1.29, 1.82) is 0 Å². The molecule has 0 saturated carbocycles. The summed E-state index contributed by atoms with van der Waals surface area (Å²) in [7, 11) is 0. The number of pyridine rings is 1. The molecule has 0 amide bonds. The Morgan fingerprint density at radius 1 is 1.17 bits per heavy atom. The van der Waals surface area contributed by atoms with Crippen molar-refractivity contribution in [2.75, 3.05) is 5.75 Å². The first-order valence-electron chi connectivity index (χ1n) is 10.6. The molecule has 1 aliphatic heterocycles. The van der Waals surface area contributed by atoms with Crippen molar-refractivity contribution < 1.29 is 14.6 Å². The van der Waals surface area contributed by atoms with Crippen LogP contribution in [0.3, 0.4) is 0 Å². The molecule has 2 heterocycles. The van der Waals surface area contributed by atoms with Gasteiger partial charge in [0.05, 0.1) is 5.03 Å². The number of aliphatic hydroxyl groups excluding tert-OH is 1. The number of esters is 1. The van der Waals surface area contributed by atoms with Crippen LogP contribution in [0, 0.1) is 19.8 Å². The van der Waals surface area contributed by atoms with Gasteiger partial charge in [-0.25, -0.2) is 9.78 Å². The lowest BCUT2D eigenvalue weighted by atomic mass is 9.86. The highest BCUT2D eigenvalue weighted by molar-refractivity contribution is 7.99. The fourth-order valence-corrected chi connectivity index (χ4v) is 4.84. The number of aryl methyl sites for hydroxylation is 4. The zero-order valence-electron chi connectivity index (χ0n) is 18.5. The topological polar surface area (TPSA) is 59.4 Å². The van der Waals surface area contributed by atoms with Gasteiger partial charge in [-0.3, -0.25) is 0 Å². The number of aromatic nitrogens is 1. The van der Waals surface area contributed by atoms with Gasteiger partial charge in [0.1, 0.15) is 17.4 Å². The van der Waals surface area contributed by atoms with Gasteiger partial charge >= 0.3 is 5.97 Å². The van der Waals surface area contributed by atoms with Crippen molar-refractivity contribution in [3.05, 3.63) is 64.0 Å². The van der Waals surface area contributed by atoms with Crippen LogP contribution in [0.25, 0.3) is 5.57 Å². The Hall–Kier alpha value is -2.27. The Bertz CT molecular complexity index is 924. The van der Waals surface area contributed by atoms with Gasteiger partial charge in [0.25, 0.3) is 0 Å². The molecular formula is C25H31NO3S. The number of hydrogen-bond acceptors (Lipinski definition) is 5. The lowest BCUT2D eigenvalue weighted by Crippen LogP contribution is -2.32. The van der Waals surface area contributed by atoms with Crippen molar-refractivity contribution >= 4 is 23.3 Å². The number of aliphatic hydroxyl groups is 1. The molecule has 0 radical (unpaired) electrons. The number of nitrogens with zero attached hydrogens (tertiary/aromatic N) is 1. The largest absolute Gasteiger partial charge is 0.511 e. The molecular weight excluding hydrogens is 394 g/mol. The van der Waals surface area contributed by atoms with E-state index in [0.717, 1.165) is 45.9 Å². The van der Waals surface area contributed by atoms with Gasteiger partial charge in [-0.1, -0.05) is 44.5 Å². The van der Waals surface area contributed by atoms with E-state index in [2.05, 4.69) is 44.8 Å². The van der Waals surface area contributed by atoms with Crippen LogP contribution in [0.5, 0.6) is 0 Å². The van der Waals surface area contributed by atoms with Crippen LogP contribution in [0.4, 0.5) is 0 Å². The highest BCUT2D eigenvalue weighted by Crippen LogP contribution is 2.36. The summed E-state index contributed by atoms with van der Waals surface area (Å²) in [5, 5.41) is 11.9. The minimum absolute atomic E-state index is 0.0973. The molecule has 0 aliphatic carbocycles. The van der Waals surface area contributed by atoms with Crippen molar-refractivity contribution in [3.63, 3.8) is 0 Å². The van der Waals surface area contributed by atoms with E-state index in [0.29, 0.717) is 12.0 Å². The third-order valence-electron chi connectivity index (χ3n) is 5.62. The summed E-state index contributed by atoms with van der Waals surface area (Å²) in [6.07, 6.45) is 3.47. The van der Waals surface area contributed by atoms with Crippen LogP contribution in [0.2, 0.25) is 0 Å². The van der Waals surface area contributed by atoms with Crippen molar-refractivity contribution in [2.24, 2.45) is 5.92 Å². The SMILES string of the molecule is CCc1cc(C)cc(CC)c1C1=C(O)CC(C(C)CSc2ccc(C)cn2)OC1=O. The van der Waals surface area contributed by atoms with Crippen LogP contribution in [-0.4, -0.2) is 27.9 Å². The summed E-state index contributed by atoms with van der Waals surface area (Å²) in [6, 6.07) is 8.24. The van der Waals surface area contributed by atoms with Gasteiger partial charge in [-0.05, 0) is 55.0 Å². The third-order valence-corrected chi connectivity index (χ3v) is 6.85. The summed E-state index contributed by atoms with van der Waals surface area (Å²) in [4.78, 5) is 17.4. The quantitative estimate of drug-likeness (QED) is 0.446. The standard InChI is InChI=1S/C25H31NO3S/c1-6-18-10-16(4)11-19(7-2)23(18)24-20(27)12-21(29-25(24)28)17(5)14-30-22-9-8-15(3)13-26-22/h8-11,13,17,21,27H,6-7,12,14H2,1-5H3. The molecule has 4 nitrogen and oxygen atoms in total. The molecule has 160 valence electrons. The second-order valence-electron chi connectivity index (χ2n) is 8.10. The summed E-state index contributed by atoms with van der Waals surface area (Å²) >= 11 is 1.64. The first kappa shape index (κ1) is 22.4. The lowest BCUT2D eigenvalue weighted by Gasteiger charge is -2.30. The van der Waals surface area contributed by atoms with Crippen LogP contribution >= 0.6 is 11.8 Å². The summed E-state index contributed by atoms with van der Waals surface area (Å²) in [5.74, 6) is 0.596. The summed E-state index contributed by atoms with van der Waals surface area (Å²) < 4.78 is 5.83. The van der Waals surface area contributed by atoms with Gasteiger partial charge in [0.15, 0.2) is 0 Å².